The summed E-state index contributed by atoms with van der Waals surface area (Å²) in [4.78, 5) is 26.0. The molecule has 0 aliphatic carbocycles. The molecule has 0 saturated carbocycles. The van der Waals surface area contributed by atoms with Gasteiger partial charge < -0.3 is 20.1 Å². The van der Waals surface area contributed by atoms with E-state index < -0.39 is 16.6 Å². The van der Waals surface area contributed by atoms with Crippen LogP contribution in [0, 0.1) is 10.1 Å². The molecule has 0 spiro atoms. The highest BCUT2D eigenvalue weighted by Gasteiger charge is 2.26. The summed E-state index contributed by atoms with van der Waals surface area (Å²) >= 11 is 0. The van der Waals surface area contributed by atoms with Crippen molar-refractivity contribution in [2.75, 3.05) is 6.54 Å². The molecule has 100 valence electrons. The molecular formula is C10H16N4O4. The highest BCUT2D eigenvalue weighted by Crippen LogP contribution is 2.14. The van der Waals surface area contributed by atoms with E-state index >= 15 is 0 Å². The second kappa shape index (κ2) is 5.03. The van der Waals surface area contributed by atoms with Crippen LogP contribution in [-0.4, -0.2) is 42.7 Å². The number of carboxylic acid groups (broad SMARTS) is 1. The van der Waals surface area contributed by atoms with Gasteiger partial charge in [0.15, 0.2) is 0 Å². The fraction of sp³-hybridized carbons (Fsp3) is 0.600. The van der Waals surface area contributed by atoms with Gasteiger partial charge in [0.2, 0.25) is 0 Å². The van der Waals surface area contributed by atoms with Gasteiger partial charge in [-0.25, -0.2) is 9.36 Å². The third kappa shape index (κ3) is 3.19. The highest BCUT2D eigenvalue weighted by molar-refractivity contribution is 5.65. The van der Waals surface area contributed by atoms with Crippen LogP contribution in [0.1, 0.15) is 20.8 Å². The average molecular weight is 256 g/mol. The van der Waals surface area contributed by atoms with Crippen molar-refractivity contribution in [3.63, 3.8) is 0 Å². The second-order valence-corrected chi connectivity index (χ2v) is 4.78. The number of imidazole rings is 1. The van der Waals surface area contributed by atoms with Gasteiger partial charge in [-0.3, -0.25) is 0 Å². The fourth-order valence-corrected chi connectivity index (χ4v) is 1.57. The SMILES string of the molecule is CC(C)(C)N(CCn1ccnc1[N+](=O)[O-])C(=O)O. The first-order chi connectivity index (χ1) is 8.23. The van der Waals surface area contributed by atoms with Gasteiger partial charge >= 0.3 is 12.0 Å². The molecule has 1 aromatic rings. The lowest BCUT2D eigenvalue weighted by atomic mass is 10.1. The molecule has 0 bridgehead atoms. The van der Waals surface area contributed by atoms with E-state index in [9.17, 15) is 14.9 Å². The first-order valence-corrected chi connectivity index (χ1v) is 5.39. The summed E-state index contributed by atoms with van der Waals surface area (Å²) in [5.41, 5.74) is -0.554. The molecule has 8 nitrogen and oxygen atoms in total. The zero-order chi connectivity index (χ0) is 13.9. The van der Waals surface area contributed by atoms with E-state index in [1.165, 1.54) is 21.9 Å². The third-order valence-electron chi connectivity index (χ3n) is 2.46. The number of nitrogens with zero attached hydrogens (tertiary/aromatic N) is 4. The zero-order valence-electron chi connectivity index (χ0n) is 10.5. The molecule has 1 N–H and O–H groups in total. The second-order valence-electron chi connectivity index (χ2n) is 4.78. The molecule has 0 atom stereocenters. The Hall–Kier alpha value is -2.12. The molecule has 0 fully saturated rings. The normalized spacial score (nSPS) is 11.3. The van der Waals surface area contributed by atoms with Crippen LogP contribution in [0.4, 0.5) is 10.7 Å². The molecule has 0 aromatic carbocycles. The maximum atomic E-state index is 11.1. The molecule has 0 unspecified atom stereocenters. The first kappa shape index (κ1) is 13.9. The van der Waals surface area contributed by atoms with E-state index in [2.05, 4.69) is 4.98 Å². The number of nitro groups is 1. The first-order valence-electron chi connectivity index (χ1n) is 5.39. The Kier molecular flexibility index (Phi) is 3.89. The van der Waals surface area contributed by atoms with Crippen molar-refractivity contribution in [2.45, 2.75) is 32.9 Å². The van der Waals surface area contributed by atoms with Gasteiger partial charge in [0, 0.05) is 5.54 Å². The molecule has 1 rings (SSSR count). The minimum absolute atomic E-state index is 0.163. The van der Waals surface area contributed by atoms with E-state index in [1.54, 1.807) is 20.8 Å². The summed E-state index contributed by atoms with van der Waals surface area (Å²) in [5.74, 6) is -0.283. The molecular weight excluding hydrogens is 240 g/mol. The number of rotatable bonds is 4. The minimum atomic E-state index is -1.05. The molecule has 1 amide bonds. The third-order valence-corrected chi connectivity index (χ3v) is 2.46. The smallest absolute Gasteiger partial charge is 0.434 e. The average Bonchev–Trinajstić information content (AvgIpc) is 2.63. The van der Waals surface area contributed by atoms with Crippen molar-refractivity contribution in [3.8, 4) is 0 Å². The molecule has 0 aliphatic heterocycles. The van der Waals surface area contributed by atoms with Gasteiger partial charge in [0.05, 0.1) is 13.1 Å². The topological polar surface area (TPSA) is 102 Å². The molecule has 0 aliphatic rings. The molecule has 1 heterocycles. The molecule has 1 aromatic heterocycles. The lowest BCUT2D eigenvalue weighted by molar-refractivity contribution is -0.396. The fourth-order valence-electron chi connectivity index (χ4n) is 1.57. The summed E-state index contributed by atoms with van der Waals surface area (Å²) in [6.45, 7) is 5.66. The quantitative estimate of drug-likeness (QED) is 0.650. The van der Waals surface area contributed by atoms with Gasteiger partial charge in [-0.05, 0) is 25.7 Å². The Morgan fingerprint density at radius 2 is 2.22 bits per heavy atom. The summed E-state index contributed by atoms with van der Waals surface area (Å²) in [7, 11) is 0. The molecule has 0 radical (unpaired) electrons. The van der Waals surface area contributed by atoms with Gasteiger partial charge in [-0.2, -0.15) is 0 Å². The monoisotopic (exact) mass is 256 g/mol. The van der Waals surface area contributed by atoms with Gasteiger partial charge in [0.25, 0.3) is 0 Å². The van der Waals surface area contributed by atoms with Crippen LogP contribution in [0.3, 0.4) is 0 Å². The van der Waals surface area contributed by atoms with Crippen molar-refractivity contribution in [2.24, 2.45) is 0 Å². The van der Waals surface area contributed by atoms with Crippen LogP contribution < -0.4 is 0 Å². The Bertz CT molecular complexity index is 449. The lowest BCUT2D eigenvalue weighted by Crippen LogP contribution is -2.46. The van der Waals surface area contributed by atoms with Crippen LogP contribution in [0.5, 0.6) is 0 Å². The van der Waals surface area contributed by atoms with Crippen LogP contribution in [0.2, 0.25) is 0 Å². The maximum Gasteiger partial charge on any atom is 0.434 e. The number of hydrogen-bond donors (Lipinski definition) is 1. The van der Waals surface area contributed by atoms with E-state index in [1.807, 2.05) is 0 Å². The van der Waals surface area contributed by atoms with Crippen molar-refractivity contribution in [3.05, 3.63) is 22.5 Å². The van der Waals surface area contributed by atoms with Crippen molar-refractivity contribution in [1.82, 2.24) is 14.5 Å². The maximum absolute atomic E-state index is 11.1. The Labute approximate surface area is 104 Å². The highest BCUT2D eigenvalue weighted by atomic mass is 16.6. The predicted octanol–water partition coefficient (Wildman–Crippen LogP) is 1.57. The van der Waals surface area contributed by atoms with Crippen molar-refractivity contribution >= 4 is 12.0 Å². The Balaban J connectivity index is 2.77. The Morgan fingerprint density at radius 1 is 1.61 bits per heavy atom. The summed E-state index contributed by atoms with van der Waals surface area (Å²) in [6, 6.07) is 0. The van der Waals surface area contributed by atoms with Crippen molar-refractivity contribution in [1.29, 1.82) is 0 Å². The van der Waals surface area contributed by atoms with Crippen molar-refractivity contribution < 1.29 is 14.8 Å². The van der Waals surface area contributed by atoms with E-state index in [4.69, 9.17) is 5.11 Å². The van der Waals surface area contributed by atoms with E-state index in [0.717, 1.165) is 0 Å². The number of amides is 1. The van der Waals surface area contributed by atoms with Gasteiger partial charge in [-0.15, -0.1) is 0 Å². The largest absolute Gasteiger partial charge is 0.465 e. The van der Waals surface area contributed by atoms with Gasteiger partial charge in [-0.1, -0.05) is 4.98 Å². The summed E-state index contributed by atoms with van der Waals surface area (Å²) in [5, 5.41) is 19.7. The van der Waals surface area contributed by atoms with Crippen LogP contribution in [-0.2, 0) is 6.54 Å². The molecule has 8 heteroatoms. The number of hydrogen-bond acceptors (Lipinski definition) is 4. The minimum Gasteiger partial charge on any atom is -0.465 e. The van der Waals surface area contributed by atoms with E-state index in [0.29, 0.717) is 0 Å². The zero-order valence-corrected chi connectivity index (χ0v) is 10.5. The number of carbonyl (C=O) groups is 1. The predicted molar refractivity (Wildman–Crippen MR) is 63.4 cm³/mol. The van der Waals surface area contributed by atoms with E-state index in [-0.39, 0.29) is 19.0 Å². The summed E-state index contributed by atoms with van der Waals surface area (Å²) in [6.07, 6.45) is 1.73. The van der Waals surface area contributed by atoms with Crippen LogP contribution >= 0.6 is 0 Å². The van der Waals surface area contributed by atoms with Crippen LogP contribution in [0.25, 0.3) is 0 Å². The Morgan fingerprint density at radius 3 is 2.67 bits per heavy atom. The standard InChI is InChI=1S/C10H16N4O4/c1-10(2,3)13(9(15)16)7-6-12-5-4-11-8(12)14(17)18/h4-5H,6-7H2,1-3H3,(H,15,16). The molecule has 0 saturated heterocycles. The lowest BCUT2D eigenvalue weighted by Gasteiger charge is -2.32. The molecule has 18 heavy (non-hydrogen) atoms. The summed E-state index contributed by atoms with van der Waals surface area (Å²) < 4.78 is 1.32. The number of aromatic nitrogens is 2. The van der Waals surface area contributed by atoms with Gasteiger partial charge in [0.1, 0.15) is 12.4 Å². The van der Waals surface area contributed by atoms with Crippen LogP contribution in [0.15, 0.2) is 12.4 Å².